The molecule has 0 unspecified atom stereocenters. The van der Waals surface area contributed by atoms with Crippen molar-refractivity contribution in [3.05, 3.63) is 24.9 Å². The maximum atomic E-state index is 10.9. The molecule has 0 aromatic heterocycles. The van der Waals surface area contributed by atoms with Crippen LogP contribution in [0.5, 0.6) is 0 Å². The highest BCUT2D eigenvalue weighted by Gasteiger charge is 2.04. The van der Waals surface area contributed by atoms with Crippen LogP contribution >= 0.6 is 0 Å². The Morgan fingerprint density at radius 2 is 2.15 bits per heavy atom. The molecule has 0 saturated heterocycles. The quantitative estimate of drug-likeness (QED) is 0.505. The predicted octanol–water partition coefficient (Wildman–Crippen LogP) is 0.755. The Labute approximate surface area is 77.3 Å². The number of nitrogens with one attached hydrogen (secondary N) is 1. The summed E-state index contributed by atoms with van der Waals surface area (Å²) in [6, 6.07) is 0. The van der Waals surface area contributed by atoms with Crippen LogP contribution < -0.4 is 5.32 Å². The van der Waals surface area contributed by atoms with Gasteiger partial charge in [0.2, 0.25) is 0 Å². The van der Waals surface area contributed by atoms with E-state index in [9.17, 15) is 9.59 Å². The molecular weight excluding hydrogens is 170 g/mol. The van der Waals surface area contributed by atoms with Crippen LogP contribution in [0.15, 0.2) is 24.9 Å². The minimum Gasteiger partial charge on any atom is -0.452 e. The van der Waals surface area contributed by atoms with Crippen molar-refractivity contribution in [2.45, 2.75) is 13.3 Å². The minimum absolute atomic E-state index is 0.302. The summed E-state index contributed by atoms with van der Waals surface area (Å²) in [6.07, 6.45) is 1.66. The largest absolute Gasteiger partial charge is 0.452 e. The molecule has 0 aliphatic carbocycles. The predicted molar refractivity (Wildman–Crippen MR) is 48.7 cm³/mol. The third-order valence-electron chi connectivity index (χ3n) is 1.26. The Balaban J connectivity index is 3.69. The molecule has 4 nitrogen and oxygen atoms in total. The lowest BCUT2D eigenvalue weighted by atomic mass is 10.4. The Bertz CT molecular complexity index is 233. The number of hydrogen-bond acceptors (Lipinski definition) is 3. The van der Waals surface area contributed by atoms with E-state index in [0.717, 1.165) is 6.08 Å². The molecule has 1 N–H and O–H groups in total. The molecule has 0 aromatic rings. The maximum Gasteiger partial charge on any atom is 0.330 e. The van der Waals surface area contributed by atoms with E-state index in [1.807, 2.05) is 6.92 Å². The molecule has 4 heteroatoms. The number of allylic oxidation sites excluding steroid dienone is 1. The first-order valence-electron chi connectivity index (χ1n) is 3.87. The number of carbonyl (C=O) groups excluding carboxylic acids is 2. The van der Waals surface area contributed by atoms with Gasteiger partial charge in [0.1, 0.15) is 0 Å². The van der Waals surface area contributed by atoms with E-state index in [-0.39, 0.29) is 12.5 Å². The average molecular weight is 183 g/mol. The number of hydrogen-bond donors (Lipinski definition) is 1. The number of esters is 1. The van der Waals surface area contributed by atoms with Crippen molar-refractivity contribution >= 4 is 11.9 Å². The summed E-state index contributed by atoms with van der Waals surface area (Å²) in [6.45, 7) is 8.32. The normalized spacial score (nSPS) is 8.69. The standard InChI is InChI=1S/C9H13NO3/c1-4-7(3)10-8(11)6-13-9(12)5-2/h5H,2-4,6H2,1H3,(H,10,11). The molecule has 0 spiro atoms. The van der Waals surface area contributed by atoms with Gasteiger partial charge in [-0.25, -0.2) is 4.79 Å². The molecule has 0 rings (SSSR count). The van der Waals surface area contributed by atoms with Crippen LogP contribution in [0, 0.1) is 0 Å². The lowest BCUT2D eigenvalue weighted by Gasteiger charge is -2.05. The van der Waals surface area contributed by atoms with Crippen LogP contribution in [0.25, 0.3) is 0 Å². The molecule has 13 heavy (non-hydrogen) atoms. The zero-order valence-electron chi connectivity index (χ0n) is 7.63. The van der Waals surface area contributed by atoms with E-state index < -0.39 is 5.97 Å². The molecule has 0 aliphatic heterocycles. The first kappa shape index (κ1) is 11.4. The van der Waals surface area contributed by atoms with Gasteiger partial charge in [-0.15, -0.1) is 0 Å². The van der Waals surface area contributed by atoms with Crippen molar-refractivity contribution in [3.63, 3.8) is 0 Å². The molecule has 0 saturated carbocycles. The third kappa shape index (κ3) is 5.66. The second kappa shape index (κ2) is 5.99. The number of amides is 1. The number of carbonyl (C=O) groups is 2. The smallest absolute Gasteiger partial charge is 0.330 e. The van der Waals surface area contributed by atoms with Gasteiger partial charge in [0.25, 0.3) is 5.91 Å². The van der Waals surface area contributed by atoms with Crippen molar-refractivity contribution in [2.24, 2.45) is 0 Å². The summed E-state index contributed by atoms with van der Waals surface area (Å²) >= 11 is 0. The van der Waals surface area contributed by atoms with E-state index in [4.69, 9.17) is 0 Å². The molecule has 0 atom stereocenters. The van der Waals surface area contributed by atoms with Crippen LogP contribution in [0.2, 0.25) is 0 Å². The highest BCUT2D eigenvalue weighted by atomic mass is 16.5. The zero-order valence-corrected chi connectivity index (χ0v) is 7.63. The van der Waals surface area contributed by atoms with Gasteiger partial charge < -0.3 is 10.1 Å². The van der Waals surface area contributed by atoms with Crippen molar-refractivity contribution in [2.75, 3.05) is 6.61 Å². The van der Waals surface area contributed by atoms with Crippen molar-refractivity contribution in [1.29, 1.82) is 0 Å². The van der Waals surface area contributed by atoms with Crippen molar-refractivity contribution < 1.29 is 14.3 Å². The number of ether oxygens (including phenoxy) is 1. The second-order valence-electron chi connectivity index (χ2n) is 2.32. The minimum atomic E-state index is -0.614. The summed E-state index contributed by atoms with van der Waals surface area (Å²) in [7, 11) is 0. The molecular formula is C9H13NO3. The molecule has 0 heterocycles. The molecule has 0 radical (unpaired) electrons. The highest BCUT2D eigenvalue weighted by molar-refractivity contribution is 5.85. The number of rotatable bonds is 5. The van der Waals surface area contributed by atoms with Gasteiger partial charge in [0.15, 0.2) is 6.61 Å². The fraction of sp³-hybridized carbons (Fsp3) is 0.333. The van der Waals surface area contributed by atoms with Gasteiger partial charge >= 0.3 is 5.97 Å². The fourth-order valence-electron chi connectivity index (χ4n) is 0.517. The second-order valence-corrected chi connectivity index (χ2v) is 2.32. The topological polar surface area (TPSA) is 55.4 Å². The molecule has 1 amide bonds. The molecule has 0 aromatic carbocycles. The third-order valence-corrected chi connectivity index (χ3v) is 1.26. The summed E-state index contributed by atoms with van der Waals surface area (Å²) in [5.74, 6) is -1.00. The first-order valence-corrected chi connectivity index (χ1v) is 3.87. The Kier molecular flexibility index (Phi) is 5.27. The van der Waals surface area contributed by atoms with Gasteiger partial charge in [-0.1, -0.05) is 20.1 Å². The van der Waals surface area contributed by atoms with Gasteiger partial charge in [-0.3, -0.25) is 4.79 Å². The van der Waals surface area contributed by atoms with Gasteiger partial charge in [0.05, 0.1) is 0 Å². The molecule has 0 fully saturated rings. The van der Waals surface area contributed by atoms with Crippen LogP contribution in [0.4, 0.5) is 0 Å². The zero-order chi connectivity index (χ0) is 10.3. The van der Waals surface area contributed by atoms with E-state index in [2.05, 4.69) is 23.2 Å². The van der Waals surface area contributed by atoms with E-state index in [1.165, 1.54) is 0 Å². The monoisotopic (exact) mass is 183 g/mol. The molecule has 0 bridgehead atoms. The summed E-state index contributed by atoms with van der Waals surface area (Å²) in [4.78, 5) is 21.5. The molecule has 72 valence electrons. The van der Waals surface area contributed by atoms with Crippen molar-refractivity contribution in [3.8, 4) is 0 Å². The lowest BCUT2D eigenvalue weighted by molar-refractivity contribution is -0.143. The van der Waals surface area contributed by atoms with Gasteiger partial charge in [0, 0.05) is 11.8 Å². The summed E-state index contributed by atoms with van der Waals surface area (Å²) < 4.78 is 4.49. The first-order chi connectivity index (χ1) is 6.10. The van der Waals surface area contributed by atoms with Crippen LogP contribution in [-0.2, 0) is 14.3 Å². The molecule has 0 aliphatic rings. The summed E-state index contributed by atoms with van der Waals surface area (Å²) in [5, 5.41) is 2.46. The van der Waals surface area contributed by atoms with E-state index in [0.29, 0.717) is 12.1 Å². The van der Waals surface area contributed by atoms with E-state index >= 15 is 0 Å². The SMILES string of the molecule is C=CC(=O)OCC(=O)NC(=C)CC. The highest BCUT2D eigenvalue weighted by Crippen LogP contribution is 1.90. The van der Waals surface area contributed by atoms with Gasteiger partial charge in [-0.05, 0) is 6.42 Å². The van der Waals surface area contributed by atoms with Crippen LogP contribution in [0.1, 0.15) is 13.3 Å². The van der Waals surface area contributed by atoms with Gasteiger partial charge in [-0.2, -0.15) is 0 Å². The van der Waals surface area contributed by atoms with Crippen LogP contribution in [-0.4, -0.2) is 18.5 Å². The maximum absolute atomic E-state index is 10.9. The van der Waals surface area contributed by atoms with Crippen LogP contribution in [0.3, 0.4) is 0 Å². The lowest BCUT2D eigenvalue weighted by Crippen LogP contribution is -2.27. The summed E-state index contributed by atoms with van der Waals surface area (Å²) in [5.41, 5.74) is 0.597. The fourth-order valence-corrected chi connectivity index (χ4v) is 0.517. The Hall–Kier alpha value is -1.58. The Morgan fingerprint density at radius 3 is 2.62 bits per heavy atom. The van der Waals surface area contributed by atoms with Crippen molar-refractivity contribution in [1.82, 2.24) is 5.32 Å². The average Bonchev–Trinajstić information content (AvgIpc) is 2.13. The Morgan fingerprint density at radius 1 is 1.54 bits per heavy atom. The van der Waals surface area contributed by atoms with E-state index in [1.54, 1.807) is 0 Å².